The molecular formula is C31H35ClN2O5. The number of fused-ring (bicyclic) bond motifs is 3. The molecule has 3 aromatic rings. The summed E-state index contributed by atoms with van der Waals surface area (Å²) in [6.45, 7) is 4.56. The molecule has 0 aromatic heterocycles. The minimum Gasteiger partial charge on any atom is -0.497 e. The van der Waals surface area contributed by atoms with Gasteiger partial charge in [0.15, 0.2) is 11.5 Å². The molecule has 206 valence electrons. The van der Waals surface area contributed by atoms with Crippen molar-refractivity contribution in [2.75, 3.05) is 40.4 Å². The van der Waals surface area contributed by atoms with Crippen LogP contribution in [0.4, 0.5) is 0 Å². The summed E-state index contributed by atoms with van der Waals surface area (Å²) in [7, 11) is 3.26. The second-order valence-corrected chi connectivity index (χ2v) is 10.7. The molecule has 0 spiro atoms. The lowest BCUT2D eigenvalue weighted by Gasteiger charge is -2.48. The number of benzene rings is 3. The Labute approximate surface area is 235 Å². The maximum Gasteiger partial charge on any atom is 0.252 e. The van der Waals surface area contributed by atoms with Gasteiger partial charge in [-0.25, -0.2) is 0 Å². The molecule has 7 nitrogen and oxygen atoms in total. The Kier molecular flexibility index (Phi) is 8.48. The Morgan fingerprint density at radius 3 is 1.90 bits per heavy atom. The minimum atomic E-state index is -0.196. The van der Waals surface area contributed by atoms with E-state index in [1.54, 1.807) is 26.4 Å². The van der Waals surface area contributed by atoms with Gasteiger partial charge in [-0.1, -0.05) is 35.9 Å². The molecule has 0 atom stereocenters. The molecule has 0 radical (unpaired) electrons. The van der Waals surface area contributed by atoms with Crippen LogP contribution in [0.1, 0.15) is 40.7 Å². The molecule has 3 fully saturated rings. The van der Waals surface area contributed by atoms with E-state index in [1.807, 2.05) is 48.5 Å². The number of rotatable bonds is 11. The fourth-order valence-electron chi connectivity index (χ4n) is 5.25. The number of hydrogen-bond acceptors (Lipinski definition) is 6. The van der Waals surface area contributed by atoms with Gasteiger partial charge in [-0.05, 0) is 91.8 Å². The van der Waals surface area contributed by atoms with Crippen molar-refractivity contribution in [3.05, 3.63) is 82.4 Å². The van der Waals surface area contributed by atoms with Gasteiger partial charge in [0.2, 0.25) is 0 Å². The third-order valence-electron chi connectivity index (χ3n) is 7.90. The van der Waals surface area contributed by atoms with E-state index in [9.17, 15) is 4.79 Å². The Morgan fingerprint density at radius 1 is 0.821 bits per heavy atom. The molecule has 3 aliphatic rings. The molecule has 1 N–H and O–H groups in total. The molecule has 3 saturated heterocycles. The lowest BCUT2D eigenvalue weighted by Crippen LogP contribution is -2.52. The zero-order valence-electron chi connectivity index (χ0n) is 22.5. The molecule has 1 amide bonds. The molecule has 6 rings (SSSR count). The van der Waals surface area contributed by atoms with Gasteiger partial charge in [-0.2, -0.15) is 0 Å². The van der Waals surface area contributed by atoms with Gasteiger partial charge in [0.1, 0.15) is 24.7 Å². The summed E-state index contributed by atoms with van der Waals surface area (Å²) in [6.07, 6.45) is 3.36. The van der Waals surface area contributed by atoms with Crippen molar-refractivity contribution in [1.29, 1.82) is 0 Å². The number of ether oxygens (including phenoxy) is 4. The molecule has 3 aromatic carbocycles. The number of carbonyl (C=O) groups excluding carboxylic acids is 1. The largest absolute Gasteiger partial charge is 0.497 e. The fraction of sp³-hybridized carbons (Fsp3) is 0.387. The SMILES string of the molecule is COc1ccc(COc2ccc(C(=O)NCC34CCN(CC3)CC4)c(Cl)c2OCc2ccc(OC)cc2)cc1. The van der Waals surface area contributed by atoms with Crippen molar-refractivity contribution in [2.24, 2.45) is 5.41 Å². The first-order chi connectivity index (χ1) is 19.0. The standard InChI is InChI=1S/C31H35ClN2O5/c1-36-24-7-3-22(4-8-24)19-38-27-12-11-26(30(35)33-21-31-13-16-34(17-14-31)18-15-31)28(32)29(27)39-20-23-5-9-25(37-2)10-6-23/h3-12H,13-21H2,1-2H3,(H,33,35). The average molecular weight is 551 g/mol. The second kappa shape index (κ2) is 12.2. The maximum atomic E-state index is 13.3. The van der Waals surface area contributed by atoms with Crippen LogP contribution in [-0.4, -0.2) is 51.2 Å². The number of nitrogens with zero attached hydrogens (tertiary/aromatic N) is 1. The molecule has 0 saturated carbocycles. The van der Waals surface area contributed by atoms with Crippen molar-refractivity contribution in [2.45, 2.75) is 32.5 Å². The van der Waals surface area contributed by atoms with Crippen LogP contribution >= 0.6 is 11.6 Å². The van der Waals surface area contributed by atoms with E-state index in [2.05, 4.69) is 10.2 Å². The van der Waals surface area contributed by atoms with Crippen molar-refractivity contribution in [1.82, 2.24) is 10.2 Å². The number of piperidine rings is 3. The van der Waals surface area contributed by atoms with Crippen LogP contribution in [0.3, 0.4) is 0 Å². The summed E-state index contributed by atoms with van der Waals surface area (Å²) in [6, 6.07) is 18.7. The third kappa shape index (κ3) is 6.43. The highest BCUT2D eigenvalue weighted by molar-refractivity contribution is 6.35. The van der Waals surface area contributed by atoms with E-state index in [1.165, 1.54) is 0 Å². The molecule has 39 heavy (non-hydrogen) atoms. The number of nitrogens with one attached hydrogen (secondary N) is 1. The number of amides is 1. The summed E-state index contributed by atoms with van der Waals surface area (Å²) in [5, 5.41) is 3.40. The van der Waals surface area contributed by atoms with Crippen LogP contribution < -0.4 is 24.3 Å². The summed E-state index contributed by atoms with van der Waals surface area (Å²) in [5.41, 5.74) is 2.47. The van der Waals surface area contributed by atoms with Crippen molar-refractivity contribution >= 4 is 17.5 Å². The molecule has 3 aliphatic heterocycles. The lowest BCUT2D eigenvalue weighted by molar-refractivity contribution is 0.0262. The number of halogens is 1. The topological polar surface area (TPSA) is 69.3 Å². The number of carbonyl (C=O) groups is 1. The van der Waals surface area contributed by atoms with Gasteiger partial charge in [0.05, 0.1) is 24.8 Å². The van der Waals surface area contributed by atoms with Crippen LogP contribution in [-0.2, 0) is 13.2 Å². The summed E-state index contributed by atoms with van der Waals surface area (Å²) in [4.78, 5) is 15.8. The van der Waals surface area contributed by atoms with Crippen molar-refractivity contribution in [3.63, 3.8) is 0 Å². The highest BCUT2D eigenvalue weighted by Crippen LogP contribution is 2.41. The van der Waals surface area contributed by atoms with Crippen LogP contribution in [0.2, 0.25) is 5.02 Å². The van der Waals surface area contributed by atoms with E-state index < -0.39 is 0 Å². The predicted molar refractivity (Wildman–Crippen MR) is 151 cm³/mol. The van der Waals surface area contributed by atoms with Gasteiger partial charge in [-0.3, -0.25) is 4.79 Å². The molecular weight excluding hydrogens is 516 g/mol. The Balaban J connectivity index is 1.33. The van der Waals surface area contributed by atoms with E-state index in [4.69, 9.17) is 30.5 Å². The quantitative estimate of drug-likeness (QED) is 0.329. The third-order valence-corrected chi connectivity index (χ3v) is 8.28. The first-order valence-electron chi connectivity index (χ1n) is 13.3. The highest BCUT2D eigenvalue weighted by Gasteiger charge is 2.39. The van der Waals surface area contributed by atoms with E-state index in [0.717, 1.165) is 61.5 Å². The predicted octanol–water partition coefficient (Wildman–Crippen LogP) is 5.73. The molecule has 8 heteroatoms. The van der Waals surface area contributed by atoms with Gasteiger partial charge in [0.25, 0.3) is 5.91 Å². The Bertz CT molecular complexity index is 1260. The van der Waals surface area contributed by atoms with Crippen molar-refractivity contribution < 1.29 is 23.7 Å². The molecule has 0 aliphatic carbocycles. The fourth-order valence-corrected chi connectivity index (χ4v) is 5.54. The monoisotopic (exact) mass is 550 g/mol. The lowest BCUT2D eigenvalue weighted by atomic mass is 9.72. The van der Waals surface area contributed by atoms with Gasteiger partial charge in [0, 0.05) is 6.54 Å². The summed E-state index contributed by atoms with van der Waals surface area (Å²) >= 11 is 6.83. The van der Waals surface area contributed by atoms with Crippen molar-refractivity contribution in [3.8, 4) is 23.0 Å². The van der Waals surface area contributed by atoms with Crippen LogP contribution in [0, 0.1) is 5.41 Å². The Morgan fingerprint density at radius 2 is 1.36 bits per heavy atom. The minimum absolute atomic E-state index is 0.187. The van der Waals surface area contributed by atoms with Gasteiger partial charge >= 0.3 is 0 Å². The average Bonchev–Trinajstić information content (AvgIpc) is 3.00. The van der Waals surface area contributed by atoms with E-state index in [-0.39, 0.29) is 23.0 Å². The second-order valence-electron chi connectivity index (χ2n) is 10.3. The maximum absolute atomic E-state index is 13.3. The van der Waals surface area contributed by atoms with Gasteiger partial charge < -0.3 is 29.2 Å². The Hall–Kier alpha value is -3.42. The van der Waals surface area contributed by atoms with Crippen LogP contribution in [0.25, 0.3) is 0 Å². The summed E-state index contributed by atoms with van der Waals surface area (Å²) < 4.78 is 22.8. The van der Waals surface area contributed by atoms with E-state index in [0.29, 0.717) is 30.2 Å². The van der Waals surface area contributed by atoms with Crippen LogP contribution in [0.5, 0.6) is 23.0 Å². The van der Waals surface area contributed by atoms with Crippen LogP contribution in [0.15, 0.2) is 60.7 Å². The number of methoxy groups -OCH3 is 2. The van der Waals surface area contributed by atoms with E-state index >= 15 is 0 Å². The molecule has 2 bridgehead atoms. The highest BCUT2D eigenvalue weighted by atomic mass is 35.5. The zero-order chi connectivity index (χ0) is 27.2. The number of hydrogen-bond donors (Lipinski definition) is 1. The smallest absolute Gasteiger partial charge is 0.252 e. The normalized spacial score (nSPS) is 19.8. The molecule has 3 heterocycles. The summed E-state index contributed by atoms with van der Waals surface area (Å²) in [5.74, 6) is 2.16. The molecule has 0 unspecified atom stereocenters. The zero-order valence-corrected chi connectivity index (χ0v) is 23.3. The first kappa shape index (κ1) is 27.2. The van der Waals surface area contributed by atoms with Gasteiger partial charge in [-0.15, -0.1) is 0 Å². The first-order valence-corrected chi connectivity index (χ1v) is 13.7.